The fourth-order valence-electron chi connectivity index (χ4n) is 2.55. The maximum absolute atomic E-state index is 12.1. The highest BCUT2D eigenvalue weighted by molar-refractivity contribution is 5.69. The summed E-state index contributed by atoms with van der Waals surface area (Å²) in [6.45, 7) is 10.6. The van der Waals surface area contributed by atoms with Gasteiger partial charge in [-0.05, 0) is 63.3 Å². The molecule has 1 aliphatic rings. The van der Waals surface area contributed by atoms with Crippen LogP contribution in [0.3, 0.4) is 0 Å². The van der Waals surface area contributed by atoms with Crippen LogP contribution < -0.4 is 0 Å². The van der Waals surface area contributed by atoms with Gasteiger partial charge in [0, 0.05) is 13.1 Å². The third-order valence-electron chi connectivity index (χ3n) is 3.61. The molecule has 0 fully saturated rings. The minimum atomic E-state index is -0.484. The fraction of sp³-hybridized carbons (Fsp3) is 0.562. The summed E-state index contributed by atoms with van der Waals surface area (Å²) in [5, 5.41) is 10.0. The van der Waals surface area contributed by atoms with Gasteiger partial charge >= 0.3 is 6.09 Å². The number of fused-ring (bicyclic) bond motifs is 1. The molecular weight excluding hydrogens is 254 g/mol. The van der Waals surface area contributed by atoms with Gasteiger partial charge in [-0.1, -0.05) is 6.07 Å². The standard InChI is InChI=1S/C16H23NO3/c1-10-8-12-6-7-17(15(19)20-16(3,4)5)9-13(12)11(2)14(10)18/h8,18H,6-7,9H2,1-5H3. The van der Waals surface area contributed by atoms with Crippen LogP contribution in [-0.2, 0) is 17.7 Å². The Morgan fingerprint density at radius 1 is 1.35 bits per heavy atom. The van der Waals surface area contributed by atoms with Crippen molar-refractivity contribution in [2.24, 2.45) is 0 Å². The van der Waals surface area contributed by atoms with Crippen LogP contribution in [0.25, 0.3) is 0 Å². The van der Waals surface area contributed by atoms with E-state index in [0.29, 0.717) is 18.8 Å². The number of phenols is 1. The summed E-state index contributed by atoms with van der Waals surface area (Å²) in [5.74, 6) is 0.329. The third kappa shape index (κ3) is 2.89. The fourth-order valence-corrected chi connectivity index (χ4v) is 2.55. The van der Waals surface area contributed by atoms with E-state index in [2.05, 4.69) is 0 Å². The molecule has 4 nitrogen and oxygen atoms in total. The van der Waals surface area contributed by atoms with Crippen LogP contribution in [0.15, 0.2) is 6.07 Å². The van der Waals surface area contributed by atoms with Gasteiger partial charge in [0.1, 0.15) is 11.4 Å². The first-order chi connectivity index (χ1) is 9.19. The summed E-state index contributed by atoms with van der Waals surface area (Å²) >= 11 is 0. The zero-order valence-electron chi connectivity index (χ0n) is 12.9. The summed E-state index contributed by atoms with van der Waals surface area (Å²) in [6, 6.07) is 2.02. The zero-order valence-corrected chi connectivity index (χ0v) is 12.9. The average Bonchev–Trinajstić information content (AvgIpc) is 2.34. The quantitative estimate of drug-likeness (QED) is 0.791. The van der Waals surface area contributed by atoms with Crippen LogP contribution >= 0.6 is 0 Å². The molecule has 1 aromatic rings. The Morgan fingerprint density at radius 3 is 2.60 bits per heavy atom. The van der Waals surface area contributed by atoms with Gasteiger partial charge in [0.05, 0.1) is 0 Å². The number of ether oxygens (including phenoxy) is 1. The second kappa shape index (κ2) is 5.00. The van der Waals surface area contributed by atoms with Crippen LogP contribution in [0.1, 0.15) is 43.0 Å². The van der Waals surface area contributed by atoms with Crippen molar-refractivity contribution in [2.75, 3.05) is 6.54 Å². The van der Waals surface area contributed by atoms with Crippen molar-refractivity contribution < 1.29 is 14.6 Å². The zero-order chi connectivity index (χ0) is 15.1. The topological polar surface area (TPSA) is 49.8 Å². The number of carbonyl (C=O) groups excluding carboxylic acids is 1. The number of hydrogen-bond donors (Lipinski definition) is 1. The molecule has 1 aliphatic heterocycles. The lowest BCUT2D eigenvalue weighted by molar-refractivity contribution is 0.0223. The van der Waals surface area contributed by atoms with E-state index in [1.807, 2.05) is 40.7 Å². The number of amides is 1. The summed E-state index contributed by atoms with van der Waals surface area (Å²) in [6.07, 6.45) is 0.513. The first-order valence-electron chi connectivity index (χ1n) is 6.98. The van der Waals surface area contributed by atoms with Crippen LogP contribution in [-0.4, -0.2) is 28.2 Å². The molecule has 110 valence electrons. The van der Waals surface area contributed by atoms with Gasteiger partial charge in [0.25, 0.3) is 0 Å². The van der Waals surface area contributed by atoms with E-state index >= 15 is 0 Å². The van der Waals surface area contributed by atoms with E-state index in [-0.39, 0.29) is 6.09 Å². The molecule has 2 rings (SSSR count). The van der Waals surface area contributed by atoms with Gasteiger partial charge in [-0.2, -0.15) is 0 Å². The Labute approximate surface area is 120 Å². The molecule has 1 amide bonds. The van der Waals surface area contributed by atoms with E-state index < -0.39 is 5.60 Å². The van der Waals surface area contributed by atoms with Gasteiger partial charge < -0.3 is 14.7 Å². The molecule has 0 aliphatic carbocycles. The number of benzene rings is 1. The molecule has 1 aromatic carbocycles. The average molecular weight is 277 g/mol. The first kappa shape index (κ1) is 14.7. The van der Waals surface area contributed by atoms with Crippen molar-refractivity contribution in [3.05, 3.63) is 28.3 Å². The Morgan fingerprint density at radius 2 is 2.00 bits per heavy atom. The van der Waals surface area contributed by atoms with Gasteiger partial charge in [-0.25, -0.2) is 4.79 Å². The lowest BCUT2D eigenvalue weighted by atomic mass is 9.92. The van der Waals surface area contributed by atoms with Crippen molar-refractivity contribution >= 4 is 6.09 Å². The predicted molar refractivity (Wildman–Crippen MR) is 77.9 cm³/mol. The number of rotatable bonds is 0. The Kier molecular flexibility index (Phi) is 3.67. The first-order valence-corrected chi connectivity index (χ1v) is 6.98. The second-order valence-electron chi connectivity index (χ2n) is 6.46. The van der Waals surface area contributed by atoms with Gasteiger partial charge in [0.15, 0.2) is 0 Å². The molecule has 0 saturated heterocycles. The monoisotopic (exact) mass is 277 g/mol. The van der Waals surface area contributed by atoms with Crippen molar-refractivity contribution in [3.63, 3.8) is 0 Å². The number of nitrogens with zero attached hydrogens (tertiary/aromatic N) is 1. The molecule has 0 aromatic heterocycles. The predicted octanol–water partition coefficient (Wildman–Crippen LogP) is 3.30. The van der Waals surface area contributed by atoms with E-state index in [4.69, 9.17) is 4.74 Å². The summed E-state index contributed by atoms with van der Waals surface area (Å²) < 4.78 is 5.41. The minimum Gasteiger partial charge on any atom is -0.507 e. The van der Waals surface area contributed by atoms with Crippen molar-refractivity contribution in [1.29, 1.82) is 0 Å². The largest absolute Gasteiger partial charge is 0.507 e. The Hall–Kier alpha value is -1.71. The van der Waals surface area contributed by atoms with Crippen molar-refractivity contribution in [3.8, 4) is 5.75 Å². The number of phenolic OH excluding ortho intramolecular Hbond substituents is 1. The Balaban J connectivity index is 2.23. The number of aryl methyl sites for hydroxylation is 1. The van der Waals surface area contributed by atoms with Crippen molar-refractivity contribution in [1.82, 2.24) is 4.90 Å². The van der Waals surface area contributed by atoms with Crippen LogP contribution in [0.4, 0.5) is 4.79 Å². The van der Waals surface area contributed by atoms with Gasteiger partial charge in [0.2, 0.25) is 0 Å². The van der Waals surface area contributed by atoms with E-state index in [1.54, 1.807) is 4.90 Å². The minimum absolute atomic E-state index is 0.289. The maximum Gasteiger partial charge on any atom is 0.410 e. The maximum atomic E-state index is 12.1. The molecule has 4 heteroatoms. The Bertz CT molecular complexity index is 544. The van der Waals surface area contributed by atoms with Gasteiger partial charge in [-0.3, -0.25) is 0 Å². The SMILES string of the molecule is Cc1cc2c(c(C)c1O)CN(C(=O)OC(C)(C)C)CC2. The van der Waals surface area contributed by atoms with Crippen molar-refractivity contribution in [2.45, 2.75) is 53.2 Å². The third-order valence-corrected chi connectivity index (χ3v) is 3.61. The molecule has 0 bridgehead atoms. The van der Waals surface area contributed by atoms with Crippen LogP contribution in [0.2, 0.25) is 0 Å². The molecule has 0 radical (unpaired) electrons. The molecule has 1 N–H and O–H groups in total. The normalized spacial score (nSPS) is 14.9. The van der Waals surface area contributed by atoms with E-state index in [9.17, 15) is 9.90 Å². The summed E-state index contributed by atoms with van der Waals surface area (Å²) in [7, 11) is 0. The van der Waals surface area contributed by atoms with Gasteiger partial charge in [-0.15, -0.1) is 0 Å². The smallest absolute Gasteiger partial charge is 0.410 e. The molecule has 1 heterocycles. The van der Waals surface area contributed by atoms with Crippen LogP contribution in [0.5, 0.6) is 5.75 Å². The lowest BCUT2D eigenvalue weighted by Gasteiger charge is -2.32. The molecule has 0 atom stereocenters. The number of carbonyl (C=O) groups is 1. The molecular formula is C16H23NO3. The highest BCUT2D eigenvalue weighted by atomic mass is 16.6. The molecule has 0 unspecified atom stereocenters. The lowest BCUT2D eigenvalue weighted by Crippen LogP contribution is -2.40. The van der Waals surface area contributed by atoms with E-state index in [0.717, 1.165) is 23.1 Å². The highest BCUT2D eigenvalue weighted by Crippen LogP contribution is 2.32. The highest BCUT2D eigenvalue weighted by Gasteiger charge is 2.27. The van der Waals surface area contributed by atoms with E-state index in [1.165, 1.54) is 5.56 Å². The molecule has 0 spiro atoms. The number of hydrogen-bond acceptors (Lipinski definition) is 3. The molecule has 20 heavy (non-hydrogen) atoms. The number of aromatic hydroxyl groups is 1. The second-order valence-corrected chi connectivity index (χ2v) is 6.46. The summed E-state index contributed by atoms with van der Waals surface area (Å²) in [4.78, 5) is 13.8. The summed E-state index contributed by atoms with van der Waals surface area (Å²) in [5.41, 5.74) is 3.55. The molecule has 0 saturated carbocycles. The van der Waals surface area contributed by atoms with Crippen LogP contribution in [0, 0.1) is 13.8 Å².